The molecule has 1 fully saturated rings. The lowest BCUT2D eigenvalue weighted by atomic mass is 10.2. The minimum absolute atomic E-state index is 0.0478. The number of morpholine rings is 1. The molecule has 7 nitrogen and oxygen atoms in total. The zero-order valence-electron chi connectivity index (χ0n) is 14.4. The lowest BCUT2D eigenvalue weighted by Gasteiger charge is -2.27. The maximum absolute atomic E-state index is 12.6. The molecule has 0 bridgehead atoms. The minimum Gasteiger partial charge on any atom is -0.378 e. The van der Waals surface area contributed by atoms with Crippen LogP contribution in [0.1, 0.15) is 12.5 Å². The Morgan fingerprint density at radius 1 is 1.31 bits per heavy atom. The van der Waals surface area contributed by atoms with Gasteiger partial charge in [0.05, 0.1) is 25.0 Å². The normalized spacial score (nSPS) is 16.5. The second-order valence-electron chi connectivity index (χ2n) is 6.27. The number of rotatable bonds is 6. The number of nitrogens with zero attached hydrogens (tertiary/aromatic N) is 5. The van der Waals surface area contributed by atoms with Crippen molar-refractivity contribution in [1.29, 1.82) is 0 Å². The fourth-order valence-corrected chi connectivity index (χ4v) is 2.66. The Kier molecular flexibility index (Phi) is 5.60. The lowest BCUT2D eigenvalue weighted by molar-refractivity contribution is -0.137. The van der Waals surface area contributed by atoms with E-state index in [2.05, 4.69) is 25.3 Å². The molecule has 3 rings (SSSR count). The van der Waals surface area contributed by atoms with Gasteiger partial charge in [-0.3, -0.25) is 4.68 Å². The predicted octanol–water partition coefficient (Wildman–Crippen LogP) is 2.28. The van der Waals surface area contributed by atoms with E-state index in [1.54, 1.807) is 6.20 Å². The zero-order valence-corrected chi connectivity index (χ0v) is 14.4. The summed E-state index contributed by atoms with van der Waals surface area (Å²) in [5, 5.41) is 6.91. The molecule has 1 atom stereocenters. The monoisotopic (exact) mass is 370 g/mol. The predicted molar refractivity (Wildman–Crippen MR) is 89.9 cm³/mol. The van der Waals surface area contributed by atoms with Gasteiger partial charge in [-0.05, 0) is 12.0 Å². The molecule has 3 heterocycles. The van der Waals surface area contributed by atoms with Crippen LogP contribution in [0.5, 0.6) is 0 Å². The summed E-state index contributed by atoms with van der Waals surface area (Å²) in [6.07, 6.45) is -0.817. The second kappa shape index (κ2) is 7.90. The SMILES string of the molecule is CC(CNc1nccc(N2CCOCC2)n1)Cn1cc(C(F)(F)F)cn1. The van der Waals surface area contributed by atoms with Gasteiger partial charge in [-0.1, -0.05) is 6.92 Å². The quantitative estimate of drug-likeness (QED) is 0.842. The van der Waals surface area contributed by atoms with Crippen LogP contribution in [0.25, 0.3) is 0 Å². The number of anilines is 2. The number of halogens is 3. The Morgan fingerprint density at radius 3 is 2.77 bits per heavy atom. The molecule has 0 aliphatic carbocycles. The molecule has 26 heavy (non-hydrogen) atoms. The summed E-state index contributed by atoms with van der Waals surface area (Å²) in [6.45, 7) is 5.73. The van der Waals surface area contributed by atoms with Crippen molar-refractivity contribution in [3.8, 4) is 0 Å². The summed E-state index contributed by atoms with van der Waals surface area (Å²) < 4.78 is 44.5. The molecule has 0 aromatic carbocycles. The standard InChI is InChI=1S/C16H21F3N6O/c1-12(10-25-11-13(9-22-25)16(17,18)19)8-21-15-20-3-2-14(23-15)24-4-6-26-7-5-24/h2-3,9,11-12H,4-8,10H2,1H3,(H,20,21,23). The van der Waals surface area contributed by atoms with Crippen molar-refractivity contribution in [2.24, 2.45) is 5.92 Å². The van der Waals surface area contributed by atoms with Crippen molar-refractivity contribution in [1.82, 2.24) is 19.7 Å². The zero-order chi connectivity index (χ0) is 18.6. The lowest BCUT2D eigenvalue weighted by Crippen LogP contribution is -2.36. The first-order valence-electron chi connectivity index (χ1n) is 8.41. The van der Waals surface area contributed by atoms with Gasteiger partial charge in [-0.25, -0.2) is 4.98 Å². The summed E-state index contributed by atoms with van der Waals surface area (Å²) in [5.41, 5.74) is -0.737. The molecular formula is C16H21F3N6O. The van der Waals surface area contributed by atoms with Gasteiger partial charge in [0.15, 0.2) is 0 Å². The van der Waals surface area contributed by atoms with E-state index < -0.39 is 11.7 Å². The highest BCUT2D eigenvalue weighted by molar-refractivity contribution is 5.42. The third-order valence-corrected chi connectivity index (χ3v) is 4.04. The van der Waals surface area contributed by atoms with E-state index in [1.165, 1.54) is 4.68 Å². The Labute approximate surface area is 149 Å². The first-order chi connectivity index (χ1) is 12.4. The van der Waals surface area contributed by atoms with Crippen LogP contribution in [-0.2, 0) is 17.5 Å². The average molecular weight is 370 g/mol. The molecule has 1 unspecified atom stereocenters. The van der Waals surface area contributed by atoms with Gasteiger partial charge in [0, 0.05) is 38.6 Å². The van der Waals surface area contributed by atoms with Gasteiger partial charge in [-0.2, -0.15) is 23.3 Å². The molecule has 142 valence electrons. The highest BCUT2D eigenvalue weighted by atomic mass is 19.4. The molecular weight excluding hydrogens is 349 g/mol. The van der Waals surface area contributed by atoms with E-state index in [-0.39, 0.29) is 5.92 Å². The van der Waals surface area contributed by atoms with E-state index in [0.717, 1.165) is 31.3 Å². The molecule has 1 aliphatic heterocycles. The fraction of sp³-hybridized carbons (Fsp3) is 0.562. The smallest absolute Gasteiger partial charge is 0.378 e. The van der Waals surface area contributed by atoms with Crippen LogP contribution in [0.2, 0.25) is 0 Å². The third kappa shape index (κ3) is 4.84. The second-order valence-corrected chi connectivity index (χ2v) is 6.27. The van der Waals surface area contributed by atoms with Crippen molar-refractivity contribution in [2.75, 3.05) is 43.1 Å². The van der Waals surface area contributed by atoms with Gasteiger partial charge in [0.1, 0.15) is 5.82 Å². The topological polar surface area (TPSA) is 68.1 Å². The first kappa shape index (κ1) is 18.4. The number of hydrogen-bond donors (Lipinski definition) is 1. The largest absolute Gasteiger partial charge is 0.419 e. The van der Waals surface area contributed by atoms with Crippen molar-refractivity contribution < 1.29 is 17.9 Å². The maximum Gasteiger partial charge on any atom is 0.419 e. The number of alkyl halides is 3. The third-order valence-electron chi connectivity index (χ3n) is 4.04. The number of hydrogen-bond acceptors (Lipinski definition) is 6. The Morgan fingerprint density at radius 2 is 2.08 bits per heavy atom. The van der Waals surface area contributed by atoms with Crippen LogP contribution in [-0.4, -0.2) is 52.6 Å². The maximum atomic E-state index is 12.6. The van der Waals surface area contributed by atoms with E-state index in [9.17, 15) is 13.2 Å². The molecule has 2 aromatic rings. The van der Waals surface area contributed by atoms with E-state index in [0.29, 0.717) is 32.3 Å². The van der Waals surface area contributed by atoms with Crippen LogP contribution in [0.3, 0.4) is 0 Å². The van der Waals surface area contributed by atoms with Crippen molar-refractivity contribution in [3.63, 3.8) is 0 Å². The molecule has 10 heteroatoms. The molecule has 1 saturated heterocycles. The molecule has 0 amide bonds. The van der Waals surface area contributed by atoms with Crippen molar-refractivity contribution in [3.05, 3.63) is 30.2 Å². The van der Waals surface area contributed by atoms with Crippen LogP contribution >= 0.6 is 0 Å². The van der Waals surface area contributed by atoms with Gasteiger partial charge in [0.25, 0.3) is 0 Å². The summed E-state index contributed by atoms with van der Waals surface area (Å²) >= 11 is 0. The first-order valence-corrected chi connectivity index (χ1v) is 8.41. The minimum atomic E-state index is -4.37. The van der Waals surface area contributed by atoms with E-state index in [1.807, 2.05) is 13.0 Å². The summed E-state index contributed by atoms with van der Waals surface area (Å²) in [6, 6.07) is 1.85. The molecule has 1 aliphatic rings. The van der Waals surface area contributed by atoms with Gasteiger partial charge >= 0.3 is 6.18 Å². The van der Waals surface area contributed by atoms with Crippen molar-refractivity contribution >= 4 is 11.8 Å². The molecule has 0 spiro atoms. The molecule has 0 radical (unpaired) electrons. The van der Waals surface area contributed by atoms with Crippen molar-refractivity contribution in [2.45, 2.75) is 19.6 Å². The highest BCUT2D eigenvalue weighted by Crippen LogP contribution is 2.28. The van der Waals surface area contributed by atoms with Gasteiger partial charge in [-0.15, -0.1) is 0 Å². The Hall–Kier alpha value is -2.36. The average Bonchev–Trinajstić information content (AvgIpc) is 3.10. The summed E-state index contributed by atoms with van der Waals surface area (Å²) in [7, 11) is 0. The fourth-order valence-electron chi connectivity index (χ4n) is 2.66. The van der Waals surface area contributed by atoms with E-state index >= 15 is 0 Å². The number of nitrogens with one attached hydrogen (secondary N) is 1. The molecule has 1 N–H and O–H groups in total. The number of aromatic nitrogens is 4. The molecule has 0 saturated carbocycles. The van der Waals surface area contributed by atoms with Gasteiger partial charge < -0.3 is 15.0 Å². The van der Waals surface area contributed by atoms with E-state index in [4.69, 9.17) is 4.74 Å². The summed E-state index contributed by atoms with van der Waals surface area (Å²) in [4.78, 5) is 10.8. The van der Waals surface area contributed by atoms with Crippen LogP contribution in [0.4, 0.5) is 24.9 Å². The van der Waals surface area contributed by atoms with Crippen LogP contribution in [0, 0.1) is 5.92 Å². The Balaban J connectivity index is 1.52. The number of ether oxygens (including phenoxy) is 1. The highest BCUT2D eigenvalue weighted by Gasteiger charge is 2.32. The van der Waals surface area contributed by atoms with Crippen LogP contribution < -0.4 is 10.2 Å². The Bertz CT molecular complexity index is 714. The van der Waals surface area contributed by atoms with Gasteiger partial charge in [0.2, 0.25) is 5.95 Å². The van der Waals surface area contributed by atoms with Crippen LogP contribution in [0.15, 0.2) is 24.7 Å². The molecule has 2 aromatic heterocycles. The summed E-state index contributed by atoms with van der Waals surface area (Å²) in [5.74, 6) is 1.38.